The van der Waals surface area contributed by atoms with Crippen LogP contribution in [0.5, 0.6) is 5.75 Å². The minimum absolute atomic E-state index is 0.0549. The highest BCUT2D eigenvalue weighted by molar-refractivity contribution is 14.1. The predicted octanol–water partition coefficient (Wildman–Crippen LogP) is 7.25. The van der Waals surface area contributed by atoms with E-state index in [4.69, 9.17) is 32.8 Å². The lowest BCUT2D eigenvalue weighted by Gasteiger charge is -2.61. The molecule has 2 aliphatic rings. The Labute approximate surface area is 325 Å². The molecular formula is C42H57IO8Si. The zero-order valence-electron chi connectivity index (χ0n) is 32.1. The van der Waals surface area contributed by atoms with Crippen molar-refractivity contribution in [2.75, 3.05) is 34.7 Å². The number of halogens is 1. The van der Waals surface area contributed by atoms with Gasteiger partial charge in [-0.2, -0.15) is 0 Å². The van der Waals surface area contributed by atoms with Gasteiger partial charge in [0.25, 0.3) is 8.32 Å². The zero-order valence-corrected chi connectivity index (χ0v) is 35.3. The topological polar surface area (TPSA) is 84.8 Å². The van der Waals surface area contributed by atoms with E-state index in [1.807, 2.05) is 37.3 Å². The molecule has 1 N–H and O–H groups in total. The second kappa shape index (κ2) is 17.1. The molecule has 3 aromatic carbocycles. The van der Waals surface area contributed by atoms with Gasteiger partial charge in [0, 0.05) is 26.1 Å². The molecule has 0 aromatic heterocycles. The summed E-state index contributed by atoms with van der Waals surface area (Å²) < 4.78 is 45.8. The van der Waals surface area contributed by atoms with E-state index in [0.29, 0.717) is 6.61 Å². The number of aliphatic hydroxyl groups excluding tert-OH is 1. The van der Waals surface area contributed by atoms with Crippen LogP contribution in [0.25, 0.3) is 0 Å². The van der Waals surface area contributed by atoms with Crippen molar-refractivity contribution >= 4 is 41.3 Å². The van der Waals surface area contributed by atoms with Gasteiger partial charge >= 0.3 is 0 Å². The Bertz CT molecular complexity index is 1550. The minimum atomic E-state index is -2.96. The van der Waals surface area contributed by atoms with Crippen LogP contribution >= 0.6 is 22.6 Å². The standard InChI is InChI=1S/C42H57IO8Si/c1-29(43)24-35(47-9)38(49-28-45-7)37-34-25-41(5,6)42(34,51-39(37)44)36(48-26-30-20-22-31(46-8)23-21-30)27-50-52(40(2,3)4,32-16-12-10-13-17-32)33-18-14-11-15-19-33/h10-24,34-39,44H,25-28H2,1-9H3/b29-24+/t34-,35-,36+,37+,38+,39?,42-/m0/s1. The normalized spacial score (nSPS) is 24.8. The van der Waals surface area contributed by atoms with E-state index in [1.54, 1.807) is 21.3 Å². The predicted molar refractivity (Wildman–Crippen MR) is 216 cm³/mol. The van der Waals surface area contributed by atoms with Crippen LogP contribution in [0.2, 0.25) is 5.04 Å². The fourth-order valence-corrected chi connectivity index (χ4v) is 13.7. The van der Waals surface area contributed by atoms with Crippen LogP contribution in [0.15, 0.2) is 94.6 Å². The molecule has 1 saturated heterocycles. The van der Waals surface area contributed by atoms with Gasteiger partial charge in [-0.25, -0.2) is 0 Å². The summed E-state index contributed by atoms with van der Waals surface area (Å²) in [5.74, 6) is 0.244. The molecule has 3 aromatic rings. The third-order valence-electron chi connectivity index (χ3n) is 11.2. The Balaban J connectivity index is 1.61. The Morgan fingerprint density at radius 2 is 1.54 bits per heavy atom. The molecule has 5 rings (SSSR count). The van der Waals surface area contributed by atoms with Gasteiger partial charge in [-0.3, -0.25) is 0 Å². The van der Waals surface area contributed by atoms with E-state index in [1.165, 1.54) is 10.4 Å². The molecule has 1 saturated carbocycles. The quantitative estimate of drug-likeness (QED) is 0.0866. The molecule has 8 nitrogen and oxygen atoms in total. The van der Waals surface area contributed by atoms with Crippen molar-refractivity contribution in [2.45, 2.75) is 89.8 Å². The van der Waals surface area contributed by atoms with Gasteiger partial charge in [0.2, 0.25) is 0 Å². The molecule has 1 heterocycles. The van der Waals surface area contributed by atoms with Crippen molar-refractivity contribution in [3.8, 4) is 5.75 Å². The molecule has 10 heteroatoms. The summed E-state index contributed by atoms with van der Waals surface area (Å²) in [6.45, 7) is 13.9. The maximum atomic E-state index is 12.0. The smallest absolute Gasteiger partial charge is 0.261 e. The summed E-state index contributed by atoms with van der Waals surface area (Å²) in [7, 11) is 1.97. The summed E-state index contributed by atoms with van der Waals surface area (Å²) >= 11 is 2.28. The number of fused-ring (bicyclic) bond motifs is 1. The van der Waals surface area contributed by atoms with Gasteiger partial charge < -0.3 is 38.0 Å². The average molecular weight is 845 g/mol. The molecular weight excluding hydrogens is 787 g/mol. The van der Waals surface area contributed by atoms with E-state index in [-0.39, 0.29) is 29.8 Å². The van der Waals surface area contributed by atoms with Crippen molar-refractivity contribution in [2.24, 2.45) is 17.3 Å². The first-order valence-corrected chi connectivity index (χ1v) is 21.1. The second-order valence-corrected chi connectivity index (χ2v) is 21.7. The van der Waals surface area contributed by atoms with Crippen LogP contribution in [-0.2, 0) is 34.7 Å². The lowest BCUT2D eigenvalue weighted by atomic mass is 9.47. The average Bonchev–Trinajstić information content (AvgIpc) is 3.37. The van der Waals surface area contributed by atoms with E-state index in [0.717, 1.165) is 21.3 Å². The van der Waals surface area contributed by atoms with Crippen LogP contribution in [0.4, 0.5) is 0 Å². The fraction of sp³-hybridized carbons (Fsp3) is 0.524. The maximum Gasteiger partial charge on any atom is 0.261 e. The van der Waals surface area contributed by atoms with Gasteiger partial charge in [0.15, 0.2) is 6.29 Å². The van der Waals surface area contributed by atoms with Crippen LogP contribution < -0.4 is 15.1 Å². The Morgan fingerprint density at radius 3 is 2.02 bits per heavy atom. The van der Waals surface area contributed by atoms with Crippen molar-refractivity contribution in [1.82, 2.24) is 0 Å². The van der Waals surface area contributed by atoms with Crippen molar-refractivity contribution in [3.05, 3.63) is 100 Å². The van der Waals surface area contributed by atoms with E-state index in [2.05, 4.69) is 118 Å². The number of rotatable bonds is 17. The van der Waals surface area contributed by atoms with Gasteiger partial charge in [0.1, 0.15) is 30.4 Å². The molecule has 0 amide bonds. The van der Waals surface area contributed by atoms with Crippen LogP contribution in [0, 0.1) is 17.3 Å². The third kappa shape index (κ3) is 7.97. The molecule has 1 aliphatic heterocycles. The molecule has 0 spiro atoms. The zero-order chi connectivity index (χ0) is 37.7. The highest BCUT2D eigenvalue weighted by Crippen LogP contribution is 2.67. The van der Waals surface area contributed by atoms with Gasteiger partial charge in [0.05, 0.1) is 26.4 Å². The van der Waals surface area contributed by atoms with Crippen molar-refractivity contribution in [1.29, 1.82) is 0 Å². The molecule has 2 fully saturated rings. The summed E-state index contributed by atoms with van der Waals surface area (Å²) in [4.78, 5) is 0. The first kappa shape index (κ1) is 41.0. The van der Waals surface area contributed by atoms with E-state index >= 15 is 0 Å². The number of aliphatic hydroxyl groups is 1. The number of benzene rings is 3. The summed E-state index contributed by atoms with van der Waals surface area (Å²) in [5, 5.41) is 14.1. The SMILES string of the molecule is COCO[C@@H]([C@@H]1C(O)O[C@]2([C@@H](CO[Si](c3ccccc3)(c3ccccc3)C(C)(C)C)OCc3ccc(OC)cc3)[C@H]1CC2(C)C)[C@H](/C=C(\C)I)OC. The largest absolute Gasteiger partial charge is 0.497 e. The Morgan fingerprint density at radius 1 is 0.942 bits per heavy atom. The highest BCUT2D eigenvalue weighted by atomic mass is 127. The van der Waals surface area contributed by atoms with Crippen molar-refractivity contribution < 1.29 is 38.0 Å². The molecule has 0 radical (unpaired) electrons. The van der Waals surface area contributed by atoms with Crippen LogP contribution in [0.3, 0.4) is 0 Å². The molecule has 0 bridgehead atoms. The van der Waals surface area contributed by atoms with Crippen LogP contribution in [0.1, 0.15) is 53.5 Å². The third-order valence-corrected chi connectivity index (χ3v) is 16.5. The molecule has 52 heavy (non-hydrogen) atoms. The first-order valence-electron chi connectivity index (χ1n) is 18.1. The van der Waals surface area contributed by atoms with Gasteiger partial charge in [-0.1, -0.05) is 107 Å². The number of allylic oxidation sites excluding steroid dienone is 1. The number of methoxy groups -OCH3 is 3. The van der Waals surface area contributed by atoms with Gasteiger partial charge in [-0.05, 0) is 84.1 Å². The number of hydrogen-bond donors (Lipinski definition) is 1. The molecule has 284 valence electrons. The maximum absolute atomic E-state index is 12.0. The highest BCUT2D eigenvalue weighted by Gasteiger charge is 2.74. The lowest BCUT2D eigenvalue weighted by molar-refractivity contribution is -0.287. The summed E-state index contributed by atoms with van der Waals surface area (Å²) in [6.07, 6.45) is 0.187. The molecule has 1 aliphatic carbocycles. The first-order chi connectivity index (χ1) is 24.8. The monoisotopic (exact) mass is 844 g/mol. The van der Waals surface area contributed by atoms with Gasteiger partial charge in [-0.15, -0.1) is 0 Å². The minimum Gasteiger partial charge on any atom is -0.497 e. The Kier molecular flexibility index (Phi) is 13.5. The lowest BCUT2D eigenvalue weighted by Crippen LogP contribution is -2.72. The number of ether oxygens (including phenoxy) is 6. The van der Waals surface area contributed by atoms with Crippen LogP contribution in [-0.4, -0.2) is 78.4 Å². The molecule has 1 unspecified atom stereocenters. The number of hydrogen-bond acceptors (Lipinski definition) is 8. The summed E-state index contributed by atoms with van der Waals surface area (Å²) in [6, 6.07) is 29.2. The fourth-order valence-electron chi connectivity index (χ4n) is 8.79. The van der Waals surface area contributed by atoms with Crippen molar-refractivity contribution in [3.63, 3.8) is 0 Å². The second-order valence-electron chi connectivity index (χ2n) is 15.7. The van der Waals surface area contributed by atoms with E-state index < -0.39 is 44.4 Å². The molecule has 7 atom stereocenters. The summed E-state index contributed by atoms with van der Waals surface area (Å²) in [5.41, 5.74) is -0.263. The Hall–Kier alpha value is -2.13. The van der Waals surface area contributed by atoms with E-state index in [9.17, 15) is 5.11 Å².